The maximum absolute atomic E-state index is 13.1. The zero-order valence-electron chi connectivity index (χ0n) is 8.49. The van der Waals surface area contributed by atoms with Crippen LogP contribution in [0.25, 0.3) is 0 Å². The maximum Gasteiger partial charge on any atom is 0.141 e. The lowest BCUT2D eigenvalue weighted by Gasteiger charge is -2.03. The molecule has 0 N–H and O–H groups in total. The van der Waals surface area contributed by atoms with E-state index in [1.54, 1.807) is 0 Å². The van der Waals surface area contributed by atoms with Crippen molar-refractivity contribution in [1.29, 1.82) is 0 Å². The highest BCUT2D eigenvalue weighted by molar-refractivity contribution is 6.83. The van der Waals surface area contributed by atoms with Crippen LogP contribution in [0.5, 0.6) is 0 Å². The topological polar surface area (TPSA) is 0 Å². The Kier molecular flexibility index (Phi) is 3.07. The Morgan fingerprint density at radius 3 is 2.00 bits per heavy atom. The molecule has 0 aromatic heterocycles. The molecule has 14 heavy (non-hydrogen) atoms. The molecular formula is C11H12F2Si. The smallest absolute Gasteiger partial charge is 0.141 e. The predicted octanol–water partition coefficient (Wildman–Crippen LogP) is 3.19. The van der Waals surface area contributed by atoms with Gasteiger partial charge in [0.05, 0.1) is 5.56 Å². The second kappa shape index (κ2) is 3.93. The van der Waals surface area contributed by atoms with Gasteiger partial charge in [0.25, 0.3) is 0 Å². The molecule has 0 nitrogen and oxygen atoms in total. The lowest BCUT2D eigenvalue weighted by Crippen LogP contribution is -2.16. The van der Waals surface area contributed by atoms with Gasteiger partial charge in [-0.3, -0.25) is 0 Å². The number of hydrogen-bond acceptors (Lipinski definition) is 0. The van der Waals surface area contributed by atoms with Gasteiger partial charge in [-0.15, -0.1) is 5.54 Å². The monoisotopic (exact) mass is 210 g/mol. The SMILES string of the molecule is C[Si](C)(C)C#Cc1c(F)cccc1F. The van der Waals surface area contributed by atoms with E-state index in [1.807, 2.05) is 19.6 Å². The van der Waals surface area contributed by atoms with Crippen molar-refractivity contribution < 1.29 is 8.78 Å². The number of benzene rings is 1. The summed E-state index contributed by atoms with van der Waals surface area (Å²) in [5, 5.41) is 0. The van der Waals surface area contributed by atoms with E-state index >= 15 is 0 Å². The van der Waals surface area contributed by atoms with E-state index in [0.717, 1.165) is 0 Å². The van der Waals surface area contributed by atoms with Crippen LogP contribution in [-0.4, -0.2) is 8.07 Å². The molecule has 3 heteroatoms. The molecule has 0 heterocycles. The lowest BCUT2D eigenvalue weighted by atomic mass is 10.2. The Morgan fingerprint density at radius 1 is 1.07 bits per heavy atom. The molecular weight excluding hydrogens is 198 g/mol. The van der Waals surface area contributed by atoms with Crippen molar-refractivity contribution in [3.05, 3.63) is 35.4 Å². The van der Waals surface area contributed by atoms with Gasteiger partial charge < -0.3 is 0 Å². The number of rotatable bonds is 0. The van der Waals surface area contributed by atoms with Crippen LogP contribution in [0.15, 0.2) is 18.2 Å². The average Bonchev–Trinajstić information content (AvgIpc) is 2.01. The maximum atomic E-state index is 13.1. The molecule has 1 aromatic rings. The molecule has 0 atom stereocenters. The van der Waals surface area contributed by atoms with Crippen molar-refractivity contribution in [2.75, 3.05) is 0 Å². The van der Waals surface area contributed by atoms with Crippen LogP contribution >= 0.6 is 0 Å². The van der Waals surface area contributed by atoms with E-state index in [-0.39, 0.29) is 5.56 Å². The quantitative estimate of drug-likeness (QED) is 0.455. The minimum absolute atomic E-state index is 0.116. The van der Waals surface area contributed by atoms with Gasteiger partial charge in [-0.05, 0) is 12.1 Å². The third-order valence-electron chi connectivity index (χ3n) is 1.53. The summed E-state index contributed by atoms with van der Waals surface area (Å²) in [7, 11) is -1.58. The molecule has 0 fully saturated rings. The molecule has 0 bridgehead atoms. The van der Waals surface area contributed by atoms with E-state index in [2.05, 4.69) is 11.5 Å². The Morgan fingerprint density at radius 2 is 1.57 bits per heavy atom. The van der Waals surface area contributed by atoms with Crippen LogP contribution in [0.4, 0.5) is 8.78 Å². The number of hydrogen-bond donors (Lipinski definition) is 0. The largest absolute Gasteiger partial charge is 0.206 e. The van der Waals surface area contributed by atoms with Crippen LogP contribution in [0.1, 0.15) is 5.56 Å². The van der Waals surface area contributed by atoms with Crippen LogP contribution in [0, 0.1) is 23.1 Å². The number of halogens is 2. The van der Waals surface area contributed by atoms with Crippen LogP contribution in [0.2, 0.25) is 19.6 Å². The molecule has 0 aliphatic heterocycles. The molecule has 0 saturated heterocycles. The fourth-order valence-corrected chi connectivity index (χ4v) is 1.37. The van der Waals surface area contributed by atoms with Gasteiger partial charge >= 0.3 is 0 Å². The zero-order chi connectivity index (χ0) is 10.8. The fraction of sp³-hybridized carbons (Fsp3) is 0.273. The molecule has 0 aliphatic carbocycles. The van der Waals surface area contributed by atoms with Crippen molar-refractivity contribution in [2.45, 2.75) is 19.6 Å². The third kappa shape index (κ3) is 2.97. The van der Waals surface area contributed by atoms with Gasteiger partial charge in [-0.2, -0.15) is 0 Å². The molecule has 0 saturated carbocycles. The van der Waals surface area contributed by atoms with Crippen LogP contribution in [0.3, 0.4) is 0 Å². The minimum Gasteiger partial charge on any atom is -0.206 e. The summed E-state index contributed by atoms with van der Waals surface area (Å²) in [4.78, 5) is 0. The molecule has 0 radical (unpaired) electrons. The first-order chi connectivity index (χ1) is 6.40. The van der Waals surface area contributed by atoms with Crippen LogP contribution in [-0.2, 0) is 0 Å². The first-order valence-corrected chi connectivity index (χ1v) is 7.87. The second-order valence-corrected chi connectivity index (χ2v) is 8.85. The summed E-state index contributed by atoms with van der Waals surface area (Å²) >= 11 is 0. The van der Waals surface area contributed by atoms with Crippen LogP contribution < -0.4 is 0 Å². The van der Waals surface area contributed by atoms with E-state index in [4.69, 9.17) is 0 Å². The molecule has 0 spiro atoms. The fourth-order valence-electron chi connectivity index (χ4n) is 0.867. The van der Waals surface area contributed by atoms with Crippen molar-refractivity contribution in [1.82, 2.24) is 0 Å². The van der Waals surface area contributed by atoms with Gasteiger partial charge in [0.1, 0.15) is 19.7 Å². The Labute approximate surface area is 84.0 Å². The summed E-state index contributed by atoms with van der Waals surface area (Å²) in [5.41, 5.74) is 2.81. The molecule has 1 aromatic carbocycles. The molecule has 74 valence electrons. The van der Waals surface area contributed by atoms with Crippen molar-refractivity contribution in [2.24, 2.45) is 0 Å². The molecule has 0 aliphatic rings. The Bertz CT molecular complexity index is 374. The van der Waals surface area contributed by atoms with Gasteiger partial charge in [-0.25, -0.2) is 8.78 Å². The Balaban J connectivity index is 3.13. The minimum atomic E-state index is -1.58. The van der Waals surface area contributed by atoms with E-state index in [0.29, 0.717) is 0 Å². The van der Waals surface area contributed by atoms with Gasteiger partial charge in [0.2, 0.25) is 0 Å². The summed E-state index contributed by atoms with van der Waals surface area (Å²) in [5.74, 6) is 1.41. The first kappa shape index (κ1) is 10.9. The first-order valence-electron chi connectivity index (χ1n) is 4.37. The molecule has 1 rings (SSSR count). The molecule has 0 unspecified atom stereocenters. The highest BCUT2D eigenvalue weighted by Crippen LogP contribution is 2.10. The van der Waals surface area contributed by atoms with Gasteiger partial charge in [-0.1, -0.05) is 31.6 Å². The van der Waals surface area contributed by atoms with Crippen molar-refractivity contribution in [3.8, 4) is 11.5 Å². The second-order valence-electron chi connectivity index (χ2n) is 4.10. The highest BCUT2D eigenvalue weighted by Gasteiger charge is 2.09. The average molecular weight is 210 g/mol. The van der Waals surface area contributed by atoms with E-state index in [1.165, 1.54) is 18.2 Å². The van der Waals surface area contributed by atoms with Crippen molar-refractivity contribution in [3.63, 3.8) is 0 Å². The molecule has 0 amide bonds. The third-order valence-corrected chi connectivity index (χ3v) is 2.40. The van der Waals surface area contributed by atoms with Crippen molar-refractivity contribution >= 4 is 8.07 Å². The predicted molar refractivity (Wildman–Crippen MR) is 56.6 cm³/mol. The summed E-state index contributed by atoms with van der Waals surface area (Å²) in [6, 6.07) is 3.78. The normalized spacial score (nSPS) is 10.6. The van der Waals surface area contributed by atoms with E-state index < -0.39 is 19.7 Å². The summed E-state index contributed by atoms with van der Waals surface area (Å²) in [6.07, 6.45) is 0. The summed E-state index contributed by atoms with van der Waals surface area (Å²) in [6.45, 7) is 6.08. The highest BCUT2D eigenvalue weighted by atomic mass is 28.3. The Hall–Kier alpha value is -1.14. The summed E-state index contributed by atoms with van der Waals surface area (Å²) < 4.78 is 26.2. The van der Waals surface area contributed by atoms with Gasteiger partial charge in [0.15, 0.2) is 0 Å². The zero-order valence-corrected chi connectivity index (χ0v) is 9.49. The lowest BCUT2D eigenvalue weighted by molar-refractivity contribution is 0.577. The van der Waals surface area contributed by atoms with Gasteiger partial charge in [0, 0.05) is 0 Å². The standard InChI is InChI=1S/C11H12F2Si/c1-14(2,3)8-7-9-10(12)5-4-6-11(9)13/h4-6H,1-3H3. The van der Waals surface area contributed by atoms with E-state index in [9.17, 15) is 8.78 Å².